The van der Waals surface area contributed by atoms with Gasteiger partial charge in [0, 0.05) is 10.6 Å². The second kappa shape index (κ2) is 5.83. The van der Waals surface area contributed by atoms with Crippen molar-refractivity contribution in [3.8, 4) is 16.9 Å². The number of hydrogen-bond acceptors (Lipinski definition) is 2. The van der Waals surface area contributed by atoms with Gasteiger partial charge in [-0.05, 0) is 36.4 Å². The first-order valence-electron chi connectivity index (χ1n) is 6.40. The lowest BCUT2D eigenvalue weighted by molar-refractivity contribution is 0.0687. The highest BCUT2D eigenvalue weighted by molar-refractivity contribution is 6.36. The zero-order valence-corrected chi connectivity index (χ0v) is 12.7. The van der Waals surface area contributed by atoms with E-state index in [0.717, 1.165) is 0 Å². The van der Waals surface area contributed by atoms with Crippen LogP contribution in [0.4, 0.5) is 0 Å². The van der Waals surface area contributed by atoms with Gasteiger partial charge in [0.1, 0.15) is 0 Å². The van der Waals surface area contributed by atoms with Crippen LogP contribution in [0, 0.1) is 0 Å². The smallest absolute Gasteiger partial charge is 0.354 e. The predicted octanol–water partition coefficient (Wildman–Crippen LogP) is 4.54. The van der Waals surface area contributed by atoms with Crippen molar-refractivity contribution in [1.82, 2.24) is 9.78 Å². The second-order valence-electron chi connectivity index (χ2n) is 4.59. The lowest BCUT2D eigenvalue weighted by atomic mass is 10.1. The van der Waals surface area contributed by atoms with E-state index in [-0.39, 0.29) is 5.69 Å². The van der Waals surface area contributed by atoms with Crippen LogP contribution in [0.15, 0.2) is 54.6 Å². The largest absolute Gasteiger partial charge is 0.477 e. The third-order valence-electron chi connectivity index (χ3n) is 3.14. The van der Waals surface area contributed by atoms with Crippen molar-refractivity contribution in [1.29, 1.82) is 0 Å². The molecule has 0 radical (unpaired) electrons. The summed E-state index contributed by atoms with van der Waals surface area (Å²) in [4.78, 5) is 11.5. The fourth-order valence-electron chi connectivity index (χ4n) is 2.13. The number of carboxylic acid groups (broad SMARTS) is 1. The van der Waals surface area contributed by atoms with Crippen LogP contribution in [0.3, 0.4) is 0 Å². The van der Waals surface area contributed by atoms with E-state index in [1.165, 1.54) is 10.7 Å². The Bertz CT molecular complexity index is 845. The standard InChI is InChI=1S/C16H10Cl2N2O2/c17-10-6-7-12(13(18)8-10)14-9-15(16(21)22)20(19-14)11-4-2-1-3-5-11/h1-9H,(H,21,22). The number of carbonyl (C=O) groups is 1. The molecule has 3 aromatic rings. The zero-order chi connectivity index (χ0) is 15.7. The SMILES string of the molecule is O=C(O)c1cc(-c2ccc(Cl)cc2Cl)nn1-c1ccccc1. The summed E-state index contributed by atoms with van der Waals surface area (Å²) in [5, 5.41) is 14.7. The molecule has 0 aliphatic carbocycles. The topological polar surface area (TPSA) is 55.1 Å². The molecule has 0 aliphatic rings. The fraction of sp³-hybridized carbons (Fsp3) is 0. The fourth-order valence-corrected chi connectivity index (χ4v) is 2.63. The Hall–Kier alpha value is -2.30. The average molecular weight is 333 g/mol. The summed E-state index contributed by atoms with van der Waals surface area (Å²) < 4.78 is 1.38. The van der Waals surface area contributed by atoms with E-state index in [1.54, 1.807) is 30.3 Å². The molecule has 0 spiro atoms. The lowest BCUT2D eigenvalue weighted by Crippen LogP contribution is -2.07. The molecule has 0 fully saturated rings. The molecule has 0 aliphatic heterocycles. The number of nitrogens with zero attached hydrogens (tertiary/aromatic N) is 2. The maximum absolute atomic E-state index is 11.5. The molecule has 22 heavy (non-hydrogen) atoms. The first-order chi connectivity index (χ1) is 10.6. The van der Waals surface area contributed by atoms with Gasteiger partial charge in [-0.25, -0.2) is 9.48 Å². The van der Waals surface area contributed by atoms with Crippen LogP contribution in [-0.2, 0) is 0 Å². The van der Waals surface area contributed by atoms with Gasteiger partial charge in [-0.1, -0.05) is 41.4 Å². The maximum Gasteiger partial charge on any atom is 0.354 e. The molecule has 1 N–H and O–H groups in total. The Balaban J connectivity index is 2.17. The lowest BCUT2D eigenvalue weighted by Gasteiger charge is -2.04. The van der Waals surface area contributed by atoms with E-state index in [0.29, 0.717) is 27.0 Å². The highest BCUT2D eigenvalue weighted by atomic mass is 35.5. The normalized spacial score (nSPS) is 10.6. The van der Waals surface area contributed by atoms with Crippen molar-refractivity contribution < 1.29 is 9.90 Å². The minimum absolute atomic E-state index is 0.0622. The van der Waals surface area contributed by atoms with Gasteiger partial charge >= 0.3 is 5.97 Å². The Morgan fingerprint density at radius 1 is 1.05 bits per heavy atom. The van der Waals surface area contributed by atoms with Gasteiger partial charge in [0.05, 0.1) is 16.4 Å². The van der Waals surface area contributed by atoms with Gasteiger partial charge in [-0.3, -0.25) is 0 Å². The summed E-state index contributed by atoms with van der Waals surface area (Å²) in [5.74, 6) is -1.06. The Morgan fingerprint density at radius 2 is 1.77 bits per heavy atom. The van der Waals surface area contributed by atoms with Gasteiger partial charge in [-0.2, -0.15) is 5.10 Å². The van der Waals surface area contributed by atoms with E-state index < -0.39 is 5.97 Å². The highest BCUT2D eigenvalue weighted by Crippen LogP contribution is 2.30. The van der Waals surface area contributed by atoms with Crippen LogP contribution < -0.4 is 0 Å². The molecular weight excluding hydrogens is 323 g/mol. The highest BCUT2D eigenvalue weighted by Gasteiger charge is 2.18. The summed E-state index contributed by atoms with van der Waals surface area (Å²) in [7, 11) is 0. The number of para-hydroxylation sites is 1. The van der Waals surface area contributed by atoms with Crippen LogP contribution in [0.25, 0.3) is 16.9 Å². The zero-order valence-electron chi connectivity index (χ0n) is 11.2. The van der Waals surface area contributed by atoms with E-state index in [9.17, 15) is 9.90 Å². The van der Waals surface area contributed by atoms with Gasteiger partial charge < -0.3 is 5.11 Å². The molecule has 6 heteroatoms. The molecule has 110 valence electrons. The molecule has 0 amide bonds. The number of benzene rings is 2. The molecule has 2 aromatic carbocycles. The molecule has 0 unspecified atom stereocenters. The quantitative estimate of drug-likeness (QED) is 0.765. The summed E-state index contributed by atoms with van der Waals surface area (Å²) in [6.45, 7) is 0. The van der Waals surface area contributed by atoms with Crippen molar-refractivity contribution in [2.24, 2.45) is 0 Å². The Morgan fingerprint density at radius 3 is 2.41 bits per heavy atom. The summed E-state index contributed by atoms with van der Waals surface area (Å²) in [6.07, 6.45) is 0. The van der Waals surface area contributed by atoms with Crippen molar-refractivity contribution in [2.75, 3.05) is 0 Å². The van der Waals surface area contributed by atoms with E-state index in [1.807, 2.05) is 18.2 Å². The van der Waals surface area contributed by atoms with Crippen molar-refractivity contribution >= 4 is 29.2 Å². The number of hydrogen-bond donors (Lipinski definition) is 1. The van der Waals surface area contributed by atoms with Gasteiger partial charge in [0.15, 0.2) is 5.69 Å². The maximum atomic E-state index is 11.5. The van der Waals surface area contributed by atoms with Crippen LogP contribution in [0.1, 0.15) is 10.5 Å². The van der Waals surface area contributed by atoms with Crippen LogP contribution >= 0.6 is 23.2 Å². The second-order valence-corrected chi connectivity index (χ2v) is 5.44. The number of carboxylic acids is 1. The van der Waals surface area contributed by atoms with E-state index in [4.69, 9.17) is 23.2 Å². The molecule has 0 atom stereocenters. The molecule has 0 saturated heterocycles. The van der Waals surface area contributed by atoms with Gasteiger partial charge in [-0.15, -0.1) is 0 Å². The molecule has 1 heterocycles. The van der Waals surface area contributed by atoms with Crippen molar-refractivity contribution in [2.45, 2.75) is 0 Å². The first kappa shape index (κ1) is 14.6. The first-order valence-corrected chi connectivity index (χ1v) is 7.16. The van der Waals surface area contributed by atoms with Gasteiger partial charge in [0.2, 0.25) is 0 Å². The molecule has 0 saturated carbocycles. The number of aromatic nitrogens is 2. The average Bonchev–Trinajstić information content (AvgIpc) is 2.93. The third kappa shape index (κ3) is 2.71. The molecule has 0 bridgehead atoms. The molecule has 1 aromatic heterocycles. The molecule has 3 rings (SSSR count). The minimum Gasteiger partial charge on any atom is -0.477 e. The number of rotatable bonds is 3. The Kier molecular flexibility index (Phi) is 3.88. The summed E-state index contributed by atoms with van der Waals surface area (Å²) in [6, 6.07) is 15.5. The van der Waals surface area contributed by atoms with E-state index >= 15 is 0 Å². The van der Waals surface area contributed by atoms with Crippen LogP contribution in [0.2, 0.25) is 10.0 Å². The third-order valence-corrected chi connectivity index (χ3v) is 3.68. The minimum atomic E-state index is -1.06. The molecule has 4 nitrogen and oxygen atoms in total. The predicted molar refractivity (Wildman–Crippen MR) is 86.0 cm³/mol. The summed E-state index contributed by atoms with van der Waals surface area (Å²) >= 11 is 12.1. The van der Waals surface area contributed by atoms with Crippen molar-refractivity contribution in [3.63, 3.8) is 0 Å². The van der Waals surface area contributed by atoms with Gasteiger partial charge in [0.25, 0.3) is 0 Å². The number of aromatic carboxylic acids is 1. The molecular formula is C16H10Cl2N2O2. The van der Waals surface area contributed by atoms with Crippen LogP contribution in [-0.4, -0.2) is 20.9 Å². The number of halogens is 2. The monoisotopic (exact) mass is 332 g/mol. The summed E-state index contributed by atoms with van der Waals surface area (Å²) in [5.41, 5.74) is 1.83. The Labute approximate surface area is 136 Å². The van der Waals surface area contributed by atoms with Crippen molar-refractivity contribution in [3.05, 3.63) is 70.3 Å². The van der Waals surface area contributed by atoms with E-state index in [2.05, 4.69) is 5.10 Å². The van der Waals surface area contributed by atoms with Crippen LogP contribution in [0.5, 0.6) is 0 Å².